The highest BCUT2D eigenvalue weighted by Gasteiger charge is 2.15. The molecule has 22 heavy (non-hydrogen) atoms. The minimum Gasteiger partial charge on any atom is -0.497 e. The summed E-state index contributed by atoms with van der Waals surface area (Å²) in [7, 11) is 1.66. The molecule has 5 nitrogen and oxygen atoms in total. The summed E-state index contributed by atoms with van der Waals surface area (Å²) >= 11 is 0. The number of aromatic nitrogens is 4. The zero-order valence-corrected chi connectivity index (χ0v) is 12.3. The molecular weight excluding hydrogens is 276 g/mol. The van der Waals surface area contributed by atoms with Gasteiger partial charge in [0.1, 0.15) is 16.8 Å². The monoisotopic (exact) mass is 290 g/mol. The van der Waals surface area contributed by atoms with Crippen molar-refractivity contribution in [1.29, 1.82) is 0 Å². The minimum atomic E-state index is 0.790. The Kier molecular flexibility index (Phi) is 2.79. The van der Waals surface area contributed by atoms with Crippen molar-refractivity contribution in [3.8, 4) is 17.1 Å². The second kappa shape index (κ2) is 4.80. The molecule has 0 amide bonds. The fraction of sp³-hybridized carbons (Fsp3) is 0.118. The summed E-state index contributed by atoms with van der Waals surface area (Å²) in [5.74, 6) is 0.790. The molecule has 3 aromatic heterocycles. The van der Waals surface area contributed by atoms with E-state index in [4.69, 9.17) is 9.72 Å². The van der Waals surface area contributed by atoms with Crippen molar-refractivity contribution in [3.05, 3.63) is 48.3 Å². The maximum atomic E-state index is 5.35. The molecule has 3 heterocycles. The lowest BCUT2D eigenvalue weighted by Gasteiger charge is -2.08. The van der Waals surface area contributed by atoms with Crippen LogP contribution in [0.1, 0.15) is 5.69 Å². The van der Waals surface area contributed by atoms with Crippen molar-refractivity contribution in [2.45, 2.75) is 6.92 Å². The van der Waals surface area contributed by atoms with E-state index in [0.717, 1.165) is 44.6 Å². The standard InChI is InChI=1S/C17H14N4O/c1-10-15-17(21-20-10)12-7-6-11(22-2)9-13(12)16(19-15)14-5-3-4-8-18-14/h3-9H,1-2H3,(H,20,21). The van der Waals surface area contributed by atoms with E-state index in [-0.39, 0.29) is 0 Å². The van der Waals surface area contributed by atoms with Crippen LogP contribution in [-0.2, 0) is 0 Å². The highest BCUT2D eigenvalue weighted by molar-refractivity contribution is 6.09. The zero-order chi connectivity index (χ0) is 15.1. The van der Waals surface area contributed by atoms with Gasteiger partial charge in [-0.05, 0) is 37.3 Å². The third-order valence-corrected chi connectivity index (χ3v) is 3.78. The van der Waals surface area contributed by atoms with Crippen LogP contribution >= 0.6 is 0 Å². The molecule has 0 unspecified atom stereocenters. The van der Waals surface area contributed by atoms with Crippen LogP contribution in [0.2, 0.25) is 0 Å². The van der Waals surface area contributed by atoms with E-state index in [1.165, 1.54) is 0 Å². The number of pyridine rings is 2. The first kappa shape index (κ1) is 12.8. The van der Waals surface area contributed by atoms with Crippen LogP contribution in [0.4, 0.5) is 0 Å². The number of H-pyrrole nitrogens is 1. The maximum Gasteiger partial charge on any atom is 0.119 e. The molecule has 0 aliphatic heterocycles. The second-order valence-electron chi connectivity index (χ2n) is 5.13. The molecule has 0 saturated heterocycles. The summed E-state index contributed by atoms with van der Waals surface area (Å²) in [6.07, 6.45) is 1.77. The lowest BCUT2D eigenvalue weighted by molar-refractivity contribution is 0.415. The average Bonchev–Trinajstić information content (AvgIpc) is 2.95. The number of aromatic amines is 1. The number of nitrogens with one attached hydrogen (secondary N) is 1. The Hall–Kier alpha value is -2.95. The van der Waals surface area contributed by atoms with Crippen LogP contribution in [0.15, 0.2) is 42.6 Å². The number of hydrogen-bond acceptors (Lipinski definition) is 4. The topological polar surface area (TPSA) is 63.7 Å². The minimum absolute atomic E-state index is 0.790. The predicted molar refractivity (Wildman–Crippen MR) is 85.9 cm³/mol. The summed E-state index contributed by atoms with van der Waals surface area (Å²) in [6, 6.07) is 11.8. The Morgan fingerprint density at radius 3 is 2.73 bits per heavy atom. The van der Waals surface area contributed by atoms with Gasteiger partial charge in [-0.3, -0.25) is 10.1 Å². The van der Waals surface area contributed by atoms with Gasteiger partial charge in [-0.25, -0.2) is 4.98 Å². The van der Waals surface area contributed by atoms with Crippen LogP contribution in [0.25, 0.3) is 33.2 Å². The molecule has 4 aromatic rings. The Morgan fingerprint density at radius 1 is 1.05 bits per heavy atom. The number of fused-ring (bicyclic) bond motifs is 3. The second-order valence-corrected chi connectivity index (χ2v) is 5.13. The van der Waals surface area contributed by atoms with Gasteiger partial charge in [-0.15, -0.1) is 0 Å². The first-order valence-electron chi connectivity index (χ1n) is 7.02. The fourth-order valence-corrected chi connectivity index (χ4v) is 2.67. The highest BCUT2D eigenvalue weighted by atomic mass is 16.5. The van der Waals surface area contributed by atoms with E-state index in [1.54, 1.807) is 13.3 Å². The predicted octanol–water partition coefficient (Wildman–Crippen LogP) is 3.49. The molecule has 0 fully saturated rings. The molecule has 0 atom stereocenters. The van der Waals surface area contributed by atoms with Crippen molar-refractivity contribution >= 4 is 21.8 Å². The van der Waals surface area contributed by atoms with E-state index in [0.29, 0.717) is 0 Å². The van der Waals surface area contributed by atoms with Crippen LogP contribution in [0.5, 0.6) is 5.75 Å². The first-order valence-corrected chi connectivity index (χ1v) is 7.02. The number of hydrogen-bond donors (Lipinski definition) is 1. The van der Waals surface area contributed by atoms with Gasteiger partial charge in [-0.1, -0.05) is 6.07 Å². The molecule has 4 rings (SSSR count). The van der Waals surface area contributed by atoms with Crippen molar-refractivity contribution < 1.29 is 4.74 Å². The normalized spacial score (nSPS) is 11.2. The Bertz CT molecular complexity index is 976. The van der Waals surface area contributed by atoms with Gasteiger partial charge in [0.2, 0.25) is 0 Å². The molecule has 0 spiro atoms. The van der Waals surface area contributed by atoms with E-state index in [9.17, 15) is 0 Å². The van der Waals surface area contributed by atoms with Gasteiger partial charge < -0.3 is 4.74 Å². The van der Waals surface area contributed by atoms with Crippen LogP contribution in [0.3, 0.4) is 0 Å². The largest absolute Gasteiger partial charge is 0.497 e. The average molecular weight is 290 g/mol. The van der Waals surface area contributed by atoms with Crippen LogP contribution in [-0.4, -0.2) is 27.3 Å². The summed E-state index contributed by atoms with van der Waals surface area (Å²) < 4.78 is 5.35. The SMILES string of the molecule is COc1ccc2c(c1)c(-c1ccccn1)nc1c(C)[nH]nc12. The number of ether oxygens (including phenoxy) is 1. The molecular formula is C17H14N4O. The molecule has 0 aliphatic carbocycles. The lowest BCUT2D eigenvalue weighted by Crippen LogP contribution is -1.92. The van der Waals surface area contributed by atoms with Crippen LogP contribution in [0, 0.1) is 6.92 Å². The molecule has 5 heteroatoms. The smallest absolute Gasteiger partial charge is 0.119 e. The fourth-order valence-electron chi connectivity index (χ4n) is 2.67. The van der Waals surface area contributed by atoms with Crippen molar-refractivity contribution in [2.75, 3.05) is 7.11 Å². The van der Waals surface area contributed by atoms with E-state index in [2.05, 4.69) is 15.2 Å². The summed E-state index contributed by atoms with van der Waals surface area (Å²) in [4.78, 5) is 9.24. The van der Waals surface area contributed by atoms with Crippen molar-refractivity contribution in [3.63, 3.8) is 0 Å². The summed E-state index contributed by atoms with van der Waals surface area (Å²) in [5.41, 5.74) is 4.37. The highest BCUT2D eigenvalue weighted by Crippen LogP contribution is 2.33. The van der Waals surface area contributed by atoms with E-state index >= 15 is 0 Å². The molecule has 0 radical (unpaired) electrons. The number of benzene rings is 1. The van der Waals surface area contributed by atoms with Gasteiger partial charge in [0.15, 0.2) is 0 Å². The Balaban J connectivity index is 2.17. The molecule has 108 valence electrons. The third kappa shape index (κ3) is 1.83. The lowest BCUT2D eigenvalue weighted by atomic mass is 10.0. The number of nitrogens with zero attached hydrogens (tertiary/aromatic N) is 3. The van der Waals surface area contributed by atoms with Gasteiger partial charge in [0.05, 0.1) is 24.2 Å². The van der Waals surface area contributed by atoms with Gasteiger partial charge in [0, 0.05) is 17.0 Å². The van der Waals surface area contributed by atoms with Crippen LogP contribution < -0.4 is 4.74 Å². The number of methoxy groups -OCH3 is 1. The molecule has 0 saturated carbocycles. The Labute approximate surface area is 127 Å². The molecule has 1 aromatic carbocycles. The zero-order valence-electron chi connectivity index (χ0n) is 12.3. The first-order chi connectivity index (χ1) is 10.8. The van der Waals surface area contributed by atoms with E-state index < -0.39 is 0 Å². The van der Waals surface area contributed by atoms with Crippen molar-refractivity contribution in [2.24, 2.45) is 0 Å². The summed E-state index contributed by atoms with van der Waals surface area (Å²) in [5, 5.41) is 9.42. The number of aryl methyl sites for hydroxylation is 1. The third-order valence-electron chi connectivity index (χ3n) is 3.78. The number of rotatable bonds is 2. The Morgan fingerprint density at radius 2 is 1.95 bits per heavy atom. The van der Waals surface area contributed by atoms with Gasteiger partial charge in [0.25, 0.3) is 0 Å². The maximum absolute atomic E-state index is 5.35. The summed E-state index contributed by atoms with van der Waals surface area (Å²) in [6.45, 7) is 1.97. The molecule has 1 N–H and O–H groups in total. The van der Waals surface area contributed by atoms with Gasteiger partial charge in [-0.2, -0.15) is 5.10 Å². The van der Waals surface area contributed by atoms with Crippen molar-refractivity contribution in [1.82, 2.24) is 20.2 Å². The molecule has 0 bridgehead atoms. The van der Waals surface area contributed by atoms with E-state index in [1.807, 2.05) is 43.3 Å². The molecule has 0 aliphatic rings. The quantitative estimate of drug-likeness (QED) is 0.614. The van der Waals surface area contributed by atoms with Gasteiger partial charge >= 0.3 is 0 Å².